The molecule has 0 aliphatic heterocycles. The molecule has 1 heterocycles. The zero-order valence-corrected chi connectivity index (χ0v) is 16.4. The Morgan fingerprint density at radius 2 is 1.93 bits per heavy atom. The summed E-state index contributed by atoms with van der Waals surface area (Å²) in [7, 11) is 0. The number of hydrogen-bond acceptors (Lipinski definition) is 4. The summed E-state index contributed by atoms with van der Waals surface area (Å²) >= 11 is 12.5. The van der Waals surface area contributed by atoms with Gasteiger partial charge in [0.1, 0.15) is 17.6 Å². The first-order valence-electron chi connectivity index (χ1n) is 8.76. The van der Waals surface area contributed by atoms with Crippen molar-refractivity contribution >= 4 is 40.1 Å². The van der Waals surface area contributed by atoms with Gasteiger partial charge in [-0.25, -0.2) is 0 Å². The van der Waals surface area contributed by atoms with Crippen LogP contribution < -0.4 is 10.2 Å². The molecule has 0 amide bonds. The fourth-order valence-electron chi connectivity index (χ4n) is 3.27. The van der Waals surface area contributed by atoms with E-state index in [1.54, 1.807) is 30.3 Å². The number of benzene rings is 2. The van der Waals surface area contributed by atoms with E-state index in [2.05, 4.69) is 0 Å². The molecule has 0 unspecified atom stereocenters. The molecule has 0 bridgehead atoms. The van der Waals surface area contributed by atoms with Crippen LogP contribution in [0.25, 0.3) is 22.3 Å². The van der Waals surface area contributed by atoms with Gasteiger partial charge in [0.25, 0.3) is 0 Å². The Bertz CT molecular complexity index is 1150. The van der Waals surface area contributed by atoms with Crippen LogP contribution in [0.3, 0.4) is 0 Å². The van der Waals surface area contributed by atoms with Gasteiger partial charge in [0.2, 0.25) is 0 Å². The third kappa shape index (κ3) is 3.36. The number of aryl methyl sites for hydroxylation is 1. The van der Waals surface area contributed by atoms with Crippen molar-refractivity contribution in [2.45, 2.75) is 25.9 Å². The molecule has 4 rings (SSSR count). The molecular weight excluding hydrogens is 403 g/mol. The molecule has 1 aliphatic carbocycles. The number of carboxylic acid groups (broad SMARTS) is 1. The number of rotatable bonds is 4. The summed E-state index contributed by atoms with van der Waals surface area (Å²) < 4.78 is 11.9. The van der Waals surface area contributed by atoms with Crippen molar-refractivity contribution in [2.75, 3.05) is 0 Å². The highest BCUT2D eigenvalue weighted by molar-refractivity contribution is 6.34. The minimum atomic E-state index is -0.822. The predicted molar refractivity (Wildman–Crippen MR) is 107 cm³/mol. The lowest BCUT2D eigenvalue weighted by Crippen LogP contribution is -2.38. The van der Waals surface area contributed by atoms with Gasteiger partial charge in [-0.1, -0.05) is 29.3 Å². The van der Waals surface area contributed by atoms with Crippen LogP contribution in [-0.4, -0.2) is 17.2 Å². The first kappa shape index (κ1) is 18.8. The maximum absolute atomic E-state index is 12.5. The van der Waals surface area contributed by atoms with Crippen LogP contribution >= 0.6 is 23.2 Å². The van der Waals surface area contributed by atoms with E-state index in [0.717, 1.165) is 5.56 Å². The standard InChI is InChI=1S/C21H16Cl2O5/c1-10-5-14(18(8-16(10)23)27-12-6-11(7-12)21(25)26)19-9-17(24)13-3-2-4-15(22)20(13)28-19/h2-5,8-9,11-12H,6-7H2,1H3,(H,25,26). The average molecular weight is 419 g/mol. The summed E-state index contributed by atoms with van der Waals surface area (Å²) in [5.74, 6) is -0.461. The Morgan fingerprint density at radius 1 is 1.18 bits per heavy atom. The quantitative estimate of drug-likeness (QED) is 0.620. The van der Waals surface area contributed by atoms with Crippen LogP contribution in [0.15, 0.2) is 45.6 Å². The molecular formula is C21H16Cl2O5. The molecule has 3 aromatic rings. The zero-order chi connectivity index (χ0) is 20.0. The Labute approximate surface area is 170 Å². The van der Waals surface area contributed by atoms with Crippen LogP contribution in [0.5, 0.6) is 5.75 Å². The third-order valence-corrected chi connectivity index (χ3v) is 5.68. The highest BCUT2D eigenvalue weighted by Gasteiger charge is 2.36. The van der Waals surface area contributed by atoms with Crippen molar-refractivity contribution in [1.82, 2.24) is 0 Å². The van der Waals surface area contributed by atoms with E-state index in [1.165, 1.54) is 6.07 Å². The lowest BCUT2D eigenvalue weighted by molar-refractivity contribution is -0.147. The normalized spacial score (nSPS) is 18.7. The smallest absolute Gasteiger partial charge is 0.306 e. The van der Waals surface area contributed by atoms with Gasteiger partial charge in [-0.15, -0.1) is 0 Å². The van der Waals surface area contributed by atoms with E-state index < -0.39 is 11.9 Å². The van der Waals surface area contributed by atoms with Gasteiger partial charge >= 0.3 is 5.97 Å². The molecule has 7 heteroatoms. The number of para-hydroxylation sites is 1. The lowest BCUT2D eigenvalue weighted by Gasteiger charge is -2.33. The van der Waals surface area contributed by atoms with Crippen LogP contribution in [0.2, 0.25) is 10.0 Å². The topological polar surface area (TPSA) is 76.7 Å². The summed E-state index contributed by atoms with van der Waals surface area (Å²) in [6.07, 6.45) is 0.621. The number of carbonyl (C=O) groups is 1. The van der Waals surface area contributed by atoms with E-state index in [9.17, 15) is 9.59 Å². The molecule has 0 radical (unpaired) electrons. The molecule has 0 saturated heterocycles. The van der Waals surface area contributed by atoms with E-state index in [4.69, 9.17) is 37.5 Å². The van der Waals surface area contributed by atoms with Crippen molar-refractivity contribution in [2.24, 2.45) is 5.92 Å². The summed E-state index contributed by atoms with van der Waals surface area (Å²) in [5.41, 5.74) is 1.45. The molecule has 1 aliphatic rings. The second-order valence-electron chi connectivity index (χ2n) is 6.94. The van der Waals surface area contributed by atoms with Crippen LogP contribution in [0.4, 0.5) is 0 Å². The zero-order valence-electron chi connectivity index (χ0n) is 14.9. The van der Waals surface area contributed by atoms with Crippen molar-refractivity contribution in [3.05, 3.63) is 62.2 Å². The molecule has 0 spiro atoms. The van der Waals surface area contributed by atoms with Gasteiger partial charge in [0.15, 0.2) is 11.0 Å². The van der Waals surface area contributed by atoms with Gasteiger partial charge in [-0.05, 0) is 49.6 Å². The first-order valence-corrected chi connectivity index (χ1v) is 9.51. The molecule has 1 N–H and O–H groups in total. The fraction of sp³-hybridized carbons (Fsp3) is 0.238. The monoisotopic (exact) mass is 418 g/mol. The minimum absolute atomic E-state index is 0.216. The van der Waals surface area contributed by atoms with E-state index in [0.29, 0.717) is 50.9 Å². The fourth-order valence-corrected chi connectivity index (χ4v) is 3.64. The van der Waals surface area contributed by atoms with E-state index >= 15 is 0 Å². The van der Waals surface area contributed by atoms with Crippen LogP contribution in [0, 0.1) is 12.8 Å². The Balaban J connectivity index is 1.78. The SMILES string of the molecule is Cc1cc(-c2cc(=O)c3cccc(Cl)c3o2)c(OC2CC(C(=O)O)C2)cc1Cl. The largest absolute Gasteiger partial charge is 0.490 e. The Hall–Kier alpha value is -2.50. The number of fused-ring (bicyclic) bond motifs is 1. The van der Waals surface area contributed by atoms with Crippen molar-refractivity contribution in [3.8, 4) is 17.1 Å². The number of aliphatic carboxylic acids is 1. The van der Waals surface area contributed by atoms with Gasteiger partial charge in [-0.3, -0.25) is 9.59 Å². The molecule has 1 fully saturated rings. The highest BCUT2D eigenvalue weighted by Crippen LogP contribution is 2.39. The summed E-state index contributed by atoms with van der Waals surface area (Å²) in [6.45, 7) is 1.84. The lowest BCUT2D eigenvalue weighted by atomic mass is 9.82. The molecule has 1 saturated carbocycles. The van der Waals surface area contributed by atoms with Gasteiger partial charge in [-0.2, -0.15) is 0 Å². The van der Waals surface area contributed by atoms with Gasteiger partial charge in [0.05, 0.1) is 21.9 Å². The first-order chi connectivity index (χ1) is 13.3. The maximum atomic E-state index is 12.5. The second kappa shape index (κ2) is 7.15. The number of carboxylic acids is 1. The molecule has 1 aromatic heterocycles. The predicted octanol–water partition coefficient (Wildman–Crippen LogP) is 5.32. The van der Waals surface area contributed by atoms with Crippen molar-refractivity contribution in [3.63, 3.8) is 0 Å². The minimum Gasteiger partial charge on any atom is -0.490 e. The van der Waals surface area contributed by atoms with Crippen molar-refractivity contribution < 1.29 is 19.1 Å². The number of ether oxygens (including phenoxy) is 1. The van der Waals surface area contributed by atoms with E-state index in [1.807, 2.05) is 6.92 Å². The molecule has 28 heavy (non-hydrogen) atoms. The van der Waals surface area contributed by atoms with Gasteiger partial charge < -0.3 is 14.3 Å². The Kier molecular flexibility index (Phi) is 4.81. The van der Waals surface area contributed by atoms with Crippen LogP contribution in [-0.2, 0) is 4.79 Å². The molecule has 2 aromatic carbocycles. The number of halogens is 2. The van der Waals surface area contributed by atoms with E-state index in [-0.39, 0.29) is 11.5 Å². The van der Waals surface area contributed by atoms with Crippen molar-refractivity contribution in [1.29, 1.82) is 0 Å². The van der Waals surface area contributed by atoms with Crippen LogP contribution in [0.1, 0.15) is 18.4 Å². The second-order valence-corrected chi connectivity index (χ2v) is 7.75. The molecule has 0 atom stereocenters. The average Bonchev–Trinajstić information content (AvgIpc) is 2.60. The maximum Gasteiger partial charge on any atom is 0.306 e. The third-order valence-electron chi connectivity index (χ3n) is 4.97. The highest BCUT2D eigenvalue weighted by atomic mass is 35.5. The summed E-state index contributed by atoms with van der Waals surface area (Å²) in [6, 6.07) is 9.85. The molecule has 5 nitrogen and oxygen atoms in total. The van der Waals surface area contributed by atoms with Gasteiger partial charge in [0, 0.05) is 11.1 Å². The summed E-state index contributed by atoms with van der Waals surface area (Å²) in [4.78, 5) is 23.6. The molecule has 144 valence electrons. The number of hydrogen-bond donors (Lipinski definition) is 1. The Morgan fingerprint density at radius 3 is 2.64 bits per heavy atom. The summed E-state index contributed by atoms with van der Waals surface area (Å²) in [5, 5.41) is 10.3.